The number of phenols is 1. The minimum atomic E-state index is -1.64. The van der Waals surface area contributed by atoms with Gasteiger partial charge in [-0.05, 0) is 61.9 Å². The van der Waals surface area contributed by atoms with E-state index in [1.807, 2.05) is 55.5 Å². The molecule has 2 aliphatic heterocycles. The van der Waals surface area contributed by atoms with Crippen molar-refractivity contribution in [2.75, 3.05) is 6.73 Å². The number of hydrogen-bond donors (Lipinski definition) is 3. The van der Waals surface area contributed by atoms with Crippen molar-refractivity contribution in [3.8, 4) is 5.75 Å². The first kappa shape index (κ1) is 27.0. The molecule has 3 aromatic carbocycles. The predicted molar refractivity (Wildman–Crippen MR) is 150 cm³/mol. The van der Waals surface area contributed by atoms with Crippen LogP contribution in [0.3, 0.4) is 0 Å². The normalized spacial score (nSPS) is 24.3. The average Bonchev–Trinajstić information content (AvgIpc) is 3.52. The number of aliphatic hydroxyl groups excluding tert-OH is 1. The van der Waals surface area contributed by atoms with Gasteiger partial charge in [0, 0.05) is 11.1 Å². The summed E-state index contributed by atoms with van der Waals surface area (Å²) < 4.78 is 6.10. The molecule has 5 atom stereocenters. The summed E-state index contributed by atoms with van der Waals surface area (Å²) in [7, 11) is 0. The smallest absolute Gasteiger partial charge is 0.256 e. The fourth-order valence-corrected chi connectivity index (χ4v) is 6.51. The van der Waals surface area contributed by atoms with Gasteiger partial charge in [0.15, 0.2) is 17.9 Å². The van der Waals surface area contributed by atoms with E-state index in [1.165, 1.54) is 16.5 Å². The number of fused-ring (bicyclic) bond motifs is 2. The predicted octanol–water partition coefficient (Wildman–Crippen LogP) is 2.83. The first-order valence-corrected chi connectivity index (χ1v) is 13.9. The van der Waals surface area contributed by atoms with E-state index in [0.717, 1.165) is 24.0 Å². The fourth-order valence-electron chi connectivity index (χ4n) is 6.51. The van der Waals surface area contributed by atoms with Crippen LogP contribution in [0.25, 0.3) is 0 Å². The summed E-state index contributed by atoms with van der Waals surface area (Å²) >= 11 is 0. The van der Waals surface area contributed by atoms with Gasteiger partial charge in [-0.2, -0.15) is 0 Å². The van der Waals surface area contributed by atoms with Crippen LogP contribution in [0.15, 0.2) is 72.8 Å². The number of ether oxygens (including phenoxy) is 1. The highest BCUT2D eigenvalue weighted by Gasteiger charge is 2.68. The van der Waals surface area contributed by atoms with E-state index >= 15 is 0 Å². The minimum absolute atomic E-state index is 0.0275. The van der Waals surface area contributed by atoms with Crippen LogP contribution < -0.4 is 5.32 Å². The molecule has 3 amide bonds. The van der Waals surface area contributed by atoms with Crippen LogP contribution in [-0.2, 0) is 27.2 Å². The summed E-state index contributed by atoms with van der Waals surface area (Å²) in [5, 5.41) is 24.3. The Bertz CT molecular complexity index is 1510. The maximum atomic E-state index is 13.8. The van der Waals surface area contributed by atoms with E-state index in [1.54, 1.807) is 24.0 Å². The van der Waals surface area contributed by atoms with Crippen molar-refractivity contribution in [1.82, 2.24) is 15.1 Å². The van der Waals surface area contributed by atoms with Gasteiger partial charge in [0.1, 0.15) is 12.5 Å². The SMILES string of the molecule is Cc1c(O)cccc1C(=O)N[C@@H](Cc1ccccc1)[C@H](O)C(=O)N1COC2(C)[C@H]1C(=O)N2[C@H]1CCc2ccccc21. The maximum Gasteiger partial charge on any atom is 0.256 e. The summed E-state index contributed by atoms with van der Waals surface area (Å²) in [4.78, 5) is 43.6. The van der Waals surface area contributed by atoms with E-state index in [2.05, 4.69) is 11.4 Å². The number of nitrogens with one attached hydrogen (secondary N) is 1. The van der Waals surface area contributed by atoms with Crippen LogP contribution in [0.5, 0.6) is 5.75 Å². The second kappa shape index (κ2) is 10.3. The number of carbonyl (C=O) groups excluding carboxylic acids is 3. The van der Waals surface area contributed by atoms with E-state index < -0.39 is 35.7 Å². The third-order valence-electron chi connectivity index (χ3n) is 8.76. The van der Waals surface area contributed by atoms with Gasteiger partial charge in [0.25, 0.3) is 17.7 Å². The number of aromatic hydroxyl groups is 1. The number of benzene rings is 3. The van der Waals surface area contributed by atoms with Gasteiger partial charge < -0.3 is 25.2 Å². The molecule has 0 saturated carbocycles. The highest BCUT2D eigenvalue weighted by atomic mass is 16.6. The standard InChI is InChI=1S/C32H33N3O6/c1-19-22(13-8-14-26(19)36)29(38)33-24(17-20-9-4-3-5-10-20)27(37)30(39)34-18-41-32(2)28(34)31(40)35(32)25-16-15-21-11-6-7-12-23(21)25/h3-14,24-25,27-28,36-37H,15-18H2,1-2H3,(H,33,38)/t24-,25-,27-,28+,32?/m0/s1. The summed E-state index contributed by atoms with van der Waals surface area (Å²) in [5.41, 5.74) is 2.74. The molecule has 1 aliphatic carbocycles. The number of aliphatic hydroxyl groups is 1. The van der Waals surface area contributed by atoms with E-state index in [4.69, 9.17) is 4.74 Å². The topological polar surface area (TPSA) is 119 Å². The zero-order valence-electron chi connectivity index (χ0n) is 23.0. The molecule has 9 heteroatoms. The van der Waals surface area contributed by atoms with E-state index in [-0.39, 0.29) is 36.4 Å². The Kier molecular flexibility index (Phi) is 6.79. The van der Waals surface area contributed by atoms with Gasteiger partial charge in [-0.25, -0.2) is 0 Å². The summed E-state index contributed by atoms with van der Waals surface area (Å²) in [6.45, 7) is 3.29. The molecule has 0 spiro atoms. The van der Waals surface area contributed by atoms with Gasteiger partial charge in [-0.1, -0.05) is 60.7 Å². The molecule has 2 fully saturated rings. The van der Waals surface area contributed by atoms with Gasteiger partial charge in [0.2, 0.25) is 0 Å². The number of likely N-dealkylation sites (tertiary alicyclic amines) is 1. The lowest BCUT2D eigenvalue weighted by atomic mass is 9.87. The van der Waals surface area contributed by atoms with Crippen molar-refractivity contribution in [3.05, 3.63) is 101 Å². The van der Waals surface area contributed by atoms with E-state index in [9.17, 15) is 24.6 Å². The zero-order chi connectivity index (χ0) is 28.9. The number of carbonyl (C=O) groups is 3. The molecule has 0 aromatic heterocycles. The molecule has 3 N–H and O–H groups in total. The number of β-lactam (4-membered cyclic amide) rings is 1. The molecule has 3 aromatic rings. The quantitative estimate of drug-likeness (QED) is 0.386. The molecular formula is C32H33N3O6. The Morgan fingerprint density at radius 2 is 1.80 bits per heavy atom. The van der Waals surface area contributed by atoms with Crippen molar-refractivity contribution in [2.45, 2.75) is 63.1 Å². The number of aryl methyl sites for hydroxylation is 1. The Labute approximate surface area is 238 Å². The monoisotopic (exact) mass is 555 g/mol. The summed E-state index contributed by atoms with van der Waals surface area (Å²) in [6, 6.07) is 19.9. The van der Waals surface area contributed by atoms with Gasteiger partial charge in [0.05, 0.1) is 12.1 Å². The highest BCUT2D eigenvalue weighted by Crippen LogP contribution is 2.50. The van der Waals surface area contributed by atoms with Crippen molar-refractivity contribution in [2.24, 2.45) is 0 Å². The molecule has 2 saturated heterocycles. The van der Waals surface area contributed by atoms with Crippen LogP contribution in [0.1, 0.15) is 52.0 Å². The van der Waals surface area contributed by atoms with Crippen LogP contribution >= 0.6 is 0 Å². The molecular weight excluding hydrogens is 522 g/mol. The minimum Gasteiger partial charge on any atom is -0.508 e. The van der Waals surface area contributed by atoms with E-state index in [0.29, 0.717) is 5.56 Å². The number of nitrogens with zero attached hydrogens (tertiary/aromatic N) is 2. The number of phenolic OH excluding ortho intramolecular Hbond substituents is 1. The van der Waals surface area contributed by atoms with Crippen molar-refractivity contribution >= 4 is 17.7 Å². The molecule has 1 unspecified atom stereocenters. The molecule has 41 heavy (non-hydrogen) atoms. The molecule has 6 rings (SSSR count). The van der Waals surface area contributed by atoms with Crippen LogP contribution in [-0.4, -0.2) is 68.4 Å². The first-order valence-electron chi connectivity index (χ1n) is 13.9. The number of hydrogen-bond acceptors (Lipinski definition) is 6. The van der Waals surface area contributed by atoms with Crippen LogP contribution in [0, 0.1) is 6.92 Å². The second-order valence-corrected chi connectivity index (χ2v) is 11.2. The summed E-state index contributed by atoms with van der Waals surface area (Å²) in [5.74, 6) is -1.46. The molecule has 212 valence electrons. The lowest BCUT2D eigenvalue weighted by Crippen LogP contribution is -2.75. The fraction of sp³-hybridized carbons (Fsp3) is 0.344. The Hall–Kier alpha value is -4.21. The lowest BCUT2D eigenvalue weighted by molar-refractivity contribution is -0.209. The van der Waals surface area contributed by atoms with Crippen molar-refractivity contribution in [1.29, 1.82) is 0 Å². The second-order valence-electron chi connectivity index (χ2n) is 11.2. The number of rotatable bonds is 7. The van der Waals surface area contributed by atoms with Crippen LogP contribution in [0.4, 0.5) is 0 Å². The van der Waals surface area contributed by atoms with Gasteiger partial charge in [-0.3, -0.25) is 19.3 Å². The molecule has 0 radical (unpaired) electrons. The summed E-state index contributed by atoms with van der Waals surface area (Å²) in [6.07, 6.45) is 0.184. The molecule has 3 aliphatic rings. The Morgan fingerprint density at radius 3 is 2.59 bits per heavy atom. The molecule has 9 nitrogen and oxygen atoms in total. The molecule has 0 bridgehead atoms. The van der Waals surface area contributed by atoms with Crippen molar-refractivity contribution in [3.63, 3.8) is 0 Å². The van der Waals surface area contributed by atoms with Crippen molar-refractivity contribution < 1.29 is 29.3 Å². The maximum absolute atomic E-state index is 13.8. The molecule has 2 heterocycles. The van der Waals surface area contributed by atoms with Gasteiger partial charge in [-0.15, -0.1) is 0 Å². The Balaban J connectivity index is 1.23. The Morgan fingerprint density at radius 1 is 1.07 bits per heavy atom. The van der Waals surface area contributed by atoms with Crippen LogP contribution in [0.2, 0.25) is 0 Å². The van der Waals surface area contributed by atoms with Gasteiger partial charge >= 0.3 is 0 Å². The first-order chi connectivity index (χ1) is 19.7. The highest BCUT2D eigenvalue weighted by molar-refractivity contribution is 5.98. The average molecular weight is 556 g/mol. The third kappa shape index (κ3) is 4.45. The third-order valence-corrected chi connectivity index (χ3v) is 8.76. The number of amides is 3. The largest absolute Gasteiger partial charge is 0.508 e. The zero-order valence-corrected chi connectivity index (χ0v) is 23.0. The lowest BCUT2D eigenvalue weighted by Gasteiger charge is -2.54.